The number of carbonyl (C=O) groups excluding carboxylic acids is 1. The number of hydrogen-bond acceptors (Lipinski definition) is 3. The highest BCUT2D eigenvalue weighted by molar-refractivity contribution is 5.93. The summed E-state index contributed by atoms with van der Waals surface area (Å²) in [5.41, 5.74) is 4.25. The number of halogens is 3. The second-order valence-corrected chi connectivity index (χ2v) is 5.69. The fraction of sp³-hybridized carbons (Fsp3) is 0.533. The summed E-state index contributed by atoms with van der Waals surface area (Å²) in [7, 11) is 0. The summed E-state index contributed by atoms with van der Waals surface area (Å²) in [6.45, 7) is 5.08. The Morgan fingerprint density at radius 1 is 1.32 bits per heavy atom. The first-order valence-electron chi connectivity index (χ1n) is 7.04. The molecule has 0 bridgehead atoms. The minimum atomic E-state index is -4.52. The second-order valence-electron chi connectivity index (χ2n) is 5.69. The van der Waals surface area contributed by atoms with E-state index in [0.717, 1.165) is 6.07 Å². The monoisotopic (exact) mass is 316 g/mol. The number of nitrogens with two attached hydrogens (primary N) is 1. The van der Waals surface area contributed by atoms with E-state index >= 15 is 0 Å². The molecule has 1 saturated heterocycles. The maximum Gasteiger partial charge on any atom is 0.416 e. The molecule has 22 heavy (non-hydrogen) atoms. The lowest BCUT2D eigenvalue weighted by Gasteiger charge is -2.35. The maximum atomic E-state index is 13.2. The number of ether oxygens (including phenoxy) is 1. The van der Waals surface area contributed by atoms with E-state index in [1.807, 2.05) is 18.7 Å². The van der Waals surface area contributed by atoms with Crippen molar-refractivity contribution >= 4 is 5.91 Å². The van der Waals surface area contributed by atoms with Crippen LogP contribution in [0.1, 0.15) is 35.3 Å². The van der Waals surface area contributed by atoms with Gasteiger partial charge in [-0.05, 0) is 31.5 Å². The molecule has 1 aromatic carbocycles. The molecule has 1 aliphatic rings. The highest BCUT2D eigenvalue weighted by Gasteiger charge is 2.35. The van der Waals surface area contributed by atoms with Crippen LogP contribution >= 0.6 is 0 Å². The van der Waals surface area contributed by atoms with Crippen LogP contribution in [0.2, 0.25) is 0 Å². The van der Waals surface area contributed by atoms with E-state index in [1.54, 1.807) is 0 Å². The Labute approximate surface area is 127 Å². The Morgan fingerprint density at radius 3 is 2.41 bits per heavy atom. The van der Waals surface area contributed by atoms with Crippen LogP contribution in [0.5, 0.6) is 0 Å². The zero-order valence-corrected chi connectivity index (χ0v) is 12.5. The van der Waals surface area contributed by atoms with Gasteiger partial charge in [0.05, 0.1) is 17.8 Å². The molecule has 0 spiro atoms. The van der Waals surface area contributed by atoms with Gasteiger partial charge in [-0.1, -0.05) is 6.07 Å². The van der Waals surface area contributed by atoms with Crippen molar-refractivity contribution in [2.24, 2.45) is 5.73 Å². The first-order valence-corrected chi connectivity index (χ1v) is 7.04. The number of benzene rings is 1. The van der Waals surface area contributed by atoms with E-state index in [0.29, 0.717) is 13.1 Å². The van der Waals surface area contributed by atoms with Crippen molar-refractivity contribution in [3.05, 3.63) is 34.9 Å². The third-order valence-electron chi connectivity index (χ3n) is 3.59. The summed E-state index contributed by atoms with van der Waals surface area (Å²) in [5, 5.41) is 0. The van der Waals surface area contributed by atoms with Crippen LogP contribution < -0.4 is 5.73 Å². The fourth-order valence-corrected chi connectivity index (χ4v) is 2.79. The highest BCUT2D eigenvalue weighted by atomic mass is 19.4. The summed E-state index contributed by atoms with van der Waals surface area (Å²) in [6, 6.07) is 3.49. The molecule has 2 N–H and O–H groups in total. The number of carbonyl (C=O) groups is 1. The van der Waals surface area contributed by atoms with Crippen LogP contribution in [0.25, 0.3) is 0 Å². The number of amides is 1. The van der Waals surface area contributed by atoms with E-state index in [1.165, 1.54) is 12.1 Å². The zero-order chi connectivity index (χ0) is 16.5. The minimum absolute atomic E-state index is 0.0250. The molecule has 0 radical (unpaired) electrons. The molecule has 1 aliphatic heterocycles. The Kier molecular flexibility index (Phi) is 4.77. The smallest absolute Gasteiger partial charge is 0.373 e. The van der Waals surface area contributed by atoms with Gasteiger partial charge in [0.25, 0.3) is 0 Å². The molecule has 1 aromatic rings. The van der Waals surface area contributed by atoms with Crippen LogP contribution in [0.3, 0.4) is 0 Å². The van der Waals surface area contributed by atoms with Crippen molar-refractivity contribution in [2.75, 3.05) is 13.1 Å². The van der Waals surface area contributed by atoms with Crippen molar-refractivity contribution in [1.82, 2.24) is 4.90 Å². The molecule has 0 aliphatic carbocycles. The molecule has 1 fully saturated rings. The average Bonchev–Trinajstić information content (AvgIpc) is 2.36. The Hall–Kier alpha value is -1.60. The van der Waals surface area contributed by atoms with Crippen molar-refractivity contribution in [1.29, 1.82) is 0 Å². The van der Waals surface area contributed by atoms with Gasteiger partial charge in [0.15, 0.2) is 0 Å². The molecule has 1 heterocycles. The first kappa shape index (κ1) is 16.8. The van der Waals surface area contributed by atoms with Gasteiger partial charge in [0, 0.05) is 25.2 Å². The normalized spacial score (nSPS) is 23.5. The van der Waals surface area contributed by atoms with Gasteiger partial charge in [-0.25, -0.2) is 0 Å². The summed E-state index contributed by atoms with van der Waals surface area (Å²) >= 11 is 0. The fourth-order valence-electron chi connectivity index (χ4n) is 2.79. The quantitative estimate of drug-likeness (QED) is 0.932. The molecule has 2 atom stereocenters. The standard InChI is InChI=1S/C15H19F3N2O2/c1-9-6-20(7-10(2)22-9)8-12-4-3-11(14(19)21)5-13(12)15(16,17)18/h3-5,9-10H,6-8H2,1-2H3,(H2,19,21). The van der Waals surface area contributed by atoms with Gasteiger partial charge in [0.2, 0.25) is 5.91 Å². The average molecular weight is 316 g/mol. The Bertz CT molecular complexity index is 550. The number of hydrogen-bond donors (Lipinski definition) is 1. The predicted molar refractivity (Wildman–Crippen MR) is 75.2 cm³/mol. The number of nitrogens with zero attached hydrogens (tertiary/aromatic N) is 1. The largest absolute Gasteiger partial charge is 0.416 e. The first-order chi connectivity index (χ1) is 10.2. The van der Waals surface area contributed by atoms with Crippen LogP contribution in [0.15, 0.2) is 18.2 Å². The van der Waals surface area contributed by atoms with Crippen molar-refractivity contribution in [3.63, 3.8) is 0 Å². The van der Waals surface area contributed by atoms with Crippen LogP contribution in [-0.2, 0) is 17.5 Å². The number of alkyl halides is 3. The van der Waals surface area contributed by atoms with Gasteiger partial charge in [0.1, 0.15) is 0 Å². The molecule has 0 saturated carbocycles. The molecular weight excluding hydrogens is 297 g/mol. The molecule has 0 aromatic heterocycles. The summed E-state index contributed by atoms with van der Waals surface area (Å²) < 4.78 is 45.2. The van der Waals surface area contributed by atoms with Gasteiger partial charge in [-0.15, -0.1) is 0 Å². The van der Waals surface area contributed by atoms with Gasteiger partial charge in [-0.2, -0.15) is 13.2 Å². The van der Waals surface area contributed by atoms with E-state index in [2.05, 4.69) is 0 Å². The number of morpholine rings is 1. The highest BCUT2D eigenvalue weighted by Crippen LogP contribution is 2.33. The summed E-state index contributed by atoms with van der Waals surface area (Å²) in [4.78, 5) is 13.0. The van der Waals surface area contributed by atoms with Crippen molar-refractivity contribution < 1.29 is 22.7 Å². The van der Waals surface area contributed by atoms with E-state index in [4.69, 9.17) is 10.5 Å². The van der Waals surface area contributed by atoms with Crippen LogP contribution in [-0.4, -0.2) is 36.1 Å². The molecule has 4 nitrogen and oxygen atoms in total. The summed E-state index contributed by atoms with van der Waals surface area (Å²) in [6.07, 6.45) is -4.57. The predicted octanol–water partition coefficient (Wildman–Crippen LogP) is 2.41. The molecule has 122 valence electrons. The van der Waals surface area contributed by atoms with Crippen LogP contribution in [0, 0.1) is 0 Å². The molecule has 2 unspecified atom stereocenters. The van der Waals surface area contributed by atoms with Gasteiger partial charge < -0.3 is 10.5 Å². The lowest BCUT2D eigenvalue weighted by Crippen LogP contribution is -2.45. The second kappa shape index (κ2) is 6.26. The number of primary amides is 1. The SMILES string of the molecule is CC1CN(Cc2ccc(C(N)=O)cc2C(F)(F)F)CC(C)O1. The third-order valence-corrected chi connectivity index (χ3v) is 3.59. The molecule has 7 heteroatoms. The topological polar surface area (TPSA) is 55.6 Å². The van der Waals surface area contributed by atoms with Crippen LogP contribution in [0.4, 0.5) is 13.2 Å². The van der Waals surface area contributed by atoms with Crippen molar-refractivity contribution in [3.8, 4) is 0 Å². The molecule has 2 rings (SSSR count). The van der Waals surface area contributed by atoms with E-state index in [9.17, 15) is 18.0 Å². The lowest BCUT2D eigenvalue weighted by atomic mass is 10.0. The van der Waals surface area contributed by atoms with Gasteiger partial charge in [-0.3, -0.25) is 9.69 Å². The molecule has 1 amide bonds. The molecular formula is C15H19F3N2O2. The van der Waals surface area contributed by atoms with Gasteiger partial charge >= 0.3 is 6.18 Å². The number of rotatable bonds is 3. The third kappa shape index (κ3) is 3.98. The van der Waals surface area contributed by atoms with Crippen molar-refractivity contribution in [2.45, 2.75) is 38.8 Å². The van der Waals surface area contributed by atoms with E-state index in [-0.39, 0.29) is 29.9 Å². The lowest BCUT2D eigenvalue weighted by molar-refractivity contribution is -0.138. The Morgan fingerprint density at radius 2 is 1.91 bits per heavy atom. The maximum absolute atomic E-state index is 13.2. The zero-order valence-electron chi connectivity index (χ0n) is 12.5. The van der Waals surface area contributed by atoms with E-state index < -0.39 is 17.6 Å². The summed E-state index contributed by atoms with van der Waals surface area (Å²) in [5.74, 6) is -0.870. The minimum Gasteiger partial charge on any atom is -0.373 e. The Balaban J connectivity index is 2.28.